The number of hydrogen-bond donors (Lipinski definition) is 1. The molecule has 2 rings (SSSR count). The van der Waals surface area contributed by atoms with Crippen molar-refractivity contribution in [2.45, 2.75) is 13.1 Å². The maximum Gasteiger partial charge on any atom is 0.401 e. The predicted octanol–water partition coefficient (Wildman–Crippen LogP) is 2.26. The van der Waals surface area contributed by atoms with Crippen molar-refractivity contribution >= 4 is 11.4 Å². The molecule has 0 amide bonds. The molecule has 6 heteroatoms. The summed E-state index contributed by atoms with van der Waals surface area (Å²) in [7, 11) is 0. The molecular formula is C13H18F3N3. The number of piperazine rings is 1. The summed E-state index contributed by atoms with van der Waals surface area (Å²) in [6.07, 6.45) is -4.12. The number of nitrogen functional groups attached to an aromatic ring is 1. The summed E-state index contributed by atoms with van der Waals surface area (Å²) < 4.78 is 36.9. The number of hydrogen-bond acceptors (Lipinski definition) is 3. The van der Waals surface area contributed by atoms with Gasteiger partial charge in [-0.05, 0) is 30.7 Å². The van der Waals surface area contributed by atoms with Gasteiger partial charge in [0.05, 0.1) is 6.54 Å². The van der Waals surface area contributed by atoms with Gasteiger partial charge in [0.25, 0.3) is 0 Å². The fraction of sp³-hybridized carbons (Fsp3) is 0.538. The standard InChI is InChI=1S/C13H18F3N3/c1-10-6-11(17)8-12(7-10)19-4-2-18(3-5-19)9-13(14,15)16/h6-8H,2-5,9,17H2,1H3. The smallest absolute Gasteiger partial charge is 0.399 e. The second kappa shape index (κ2) is 5.28. The highest BCUT2D eigenvalue weighted by atomic mass is 19.4. The van der Waals surface area contributed by atoms with E-state index >= 15 is 0 Å². The molecule has 0 aliphatic carbocycles. The number of nitrogens with two attached hydrogens (primary N) is 1. The van der Waals surface area contributed by atoms with Gasteiger partial charge >= 0.3 is 6.18 Å². The van der Waals surface area contributed by atoms with E-state index in [-0.39, 0.29) is 0 Å². The van der Waals surface area contributed by atoms with Gasteiger partial charge in [-0.25, -0.2) is 0 Å². The van der Waals surface area contributed by atoms with E-state index in [0.29, 0.717) is 31.9 Å². The van der Waals surface area contributed by atoms with Crippen molar-refractivity contribution in [3.63, 3.8) is 0 Å². The Balaban J connectivity index is 1.96. The lowest BCUT2D eigenvalue weighted by molar-refractivity contribution is -0.146. The van der Waals surface area contributed by atoms with Gasteiger partial charge in [0.2, 0.25) is 0 Å². The SMILES string of the molecule is Cc1cc(N)cc(N2CCN(CC(F)(F)F)CC2)c1. The van der Waals surface area contributed by atoms with Crippen molar-refractivity contribution in [2.24, 2.45) is 0 Å². The van der Waals surface area contributed by atoms with E-state index in [1.807, 2.05) is 25.1 Å². The molecule has 1 aromatic carbocycles. The summed E-state index contributed by atoms with van der Waals surface area (Å²) in [5.41, 5.74) is 8.53. The third-order valence-corrected chi connectivity index (χ3v) is 3.22. The highest BCUT2D eigenvalue weighted by Gasteiger charge is 2.32. The molecule has 1 aromatic rings. The number of nitrogens with zero attached hydrogens (tertiary/aromatic N) is 2. The van der Waals surface area contributed by atoms with Gasteiger partial charge in [0, 0.05) is 37.6 Å². The Morgan fingerprint density at radius 2 is 1.74 bits per heavy atom. The summed E-state index contributed by atoms with van der Waals surface area (Å²) in [6, 6.07) is 5.76. The first kappa shape index (κ1) is 14.0. The highest BCUT2D eigenvalue weighted by molar-refractivity contribution is 5.58. The Morgan fingerprint density at radius 3 is 2.26 bits per heavy atom. The van der Waals surface area contributed by atoms with Crippen LogP contribution in [0.1, 0.15) is 5.56 Å². The van der Waals surface area contributed by atoms with Crippen LogP contribution in [0, 0.1) is 6.92 Å². The van der Waals surface area contributed by atoms with Crippen LogP contribution >= 0.6 is 0 Å². The van der Waals surface area contributed by atoms with Gasteiger partial charge in [-0.15, -0.1) is 0 Å². The summed E-state index contributed by atoms with van der Waals surface area (Å²) in [6.45, 7) is 3.18. The zero-order chi connectivity index (χ0) is 14.0. The third kappa shape index (κ3) is 4.02. The fourth-order valence-electron chi connectivity index (χ4n) is 2.39. The van der Waals surface area contributed by atoms with Crippen LogP contribution < -0.4 is 10.6 Å². The Hall–Kier alpha value is -1.43. The van der Waals surface area contributed by atoms with Crippen molar-refractivity contribution in [3.05, 3.63) is 23.8 Å². The van der Waals surface area contributed by atoms with Gasteiger partial charge in [-0.3, -0.25) is 4.90 Å². The van der Waals surface area contributed by atoms with Crippen molar-refractivity contribution in [1.82, 2.24) is 4.90 Å². The number of halogens is 3. The molecule has 3 nitrogen and oxygen atoms in total. The van der Waals surface area contributed by atoms with Gasteiger partial charge in [-0.2, -0.15) is 13.2 Å². The monoisotopic (exact) mass is 273 g/mol. The number of aryl methyl sites for hydroxylation is 1. The molecule has 1 heterocycles. The molecule has 0 unspecified atom stereocenters. The summed E-state index contributed by atoms with van der Waals surface area (Å²) in [5.74, 6) is 0. The zero-order valence-electron chi connectivity index (χ0n) is 10.9. The molecule has 0 bridgehead atoms. The summed E-state index contributed by atoms with van der Waals surface area (Å²) in [4.78, 5) is 3.52. The molecule has 0 aromatic heterocycles. The highest BCUT2D eigenvalue weighted by Crippen LogP contribution is 2.23. The summed E-state index contributed by atoms with van der Waals surface area (Å²) >= 11 is 0. The normalized spacial score (nSPS) is 17.8. The molecule has 0 spiro atoms. The number of benzene rings is 1. The first-order chi connectivity index (χ1) is 8.83. The molecule has 1 fully saturated rings. The van der Waals surface area contributed by atoms with Crippen LogP contribution in [0.5, 0.6) is 0 Å². The van der Waals surface area contributed by atoms with Crippen LogP contribution in [-0.2, 0) is 0 Å². The van der Waals surface area contributed by atoms with Crippen LogP contribution in [0.2, 0.25) is 0 Å². The van der Waals surface area contributed by atoms with Crippen molar-refractivity contribution in [3.8, 4) is 0 Å². The lowest BCUT2D eigenvalue weighted by Crippen LogP contribution is -2.49. The molecule has 0 atom stereocenters. The van der Waals surface area contributed by atoms with E-state index in [9.17, 15) is 13.2 Å². The van der Waals surface area contributed by atoms with Gasteiger partial charge in [0.15, 0.2) is 0 Å². The number of rotatable bonds is 2. The van der Waals surface area contributed by atoms with Crippen LogP contribution in [0.25, 0.3) is 0 Å². The largest absolute Gasteiger partial charge is 0.401 e. The minimum atomic E-state index is -4.12. The minimum Gasteiger partial charge on any atom is -0.399 e. The van der Waals surface area contributed by atoms with Crippen molar-refractivity contribution in [1.29, 1.82) is 0 Å². The predicted molar refractivity (Wildman–Crippen MR) is 70.3 cm³/mol. The Morgan fingerprint density at radius 1 is 1.11 bits per heavy atom. The lowest BCUT2D eigenvalue weighted by Gasteiger charge is -2.36. The molecule has 0 radical (unpaired) electrons. The van der Waals surface area contributed by atoms with E-state index in [0.717, 1.165) is 11.3 Å². The molecule has 1 aliphatic rings. The molecule has 19 heavy (non-hydrogen) atoms. The maximum atomic E-state index is 12.3. The zero-order valence-corrected chi connectivity index (χ0v) is 10.9. The van der Waals surface area contributed by atoms with Crippen LogP contribution in [-0.4, -0.2) is 43.8 Å². The van der Waals surface area contributed by atoms with Crippen molar-refractivity contribution < 1.29 is 13.2 Å². The van der Waals surface area contributed by atoms with E-state index < -0.39 is 12.7 Å². The first-order valence-corrected chi connectivity index (χ1v) is 6.25. The lowest BCUT2D eigenvalue weighted by atomic mass is 10.1. The van der Waals surface area contributed by atoms with Crippen molar-refractivity contribution in [2.75, 3.05) is 43.4 Å². The second-order valence-electron chi connectivity index (χ2n) is 4.98. The molecule has 0 saturated carbocycles. The molecular weight excluding hydrogens is 255 g/mol. The quantitative estimate of drug-likeness (QED) is 0.839. The molecule has 106 valence electrons. The molecule has 2 N–H and O–H groups in total. The minimum absolute atomic E-state index is 0.424. The van der Waals surface area contributed by atoms with Gasteiger partial charge in [0.1, 0.15) is 0 Å². The summed E-state index contributed by atoms with van der Waals surface area (Å²) in [5, 5.41) is 0. The number of alkyl halides is 3. The Kier molecular flexibility index (Phi) is 3.89. The maximum absolute atomic E-state index is 12.3. The topological polar surface area (TPSA) is 32.5 Å². The van der Waals surface area contributed by atoms with E-state index in [4.69, 9.17) is 5.73 Å². The number of anilines is 2. The average molecular weight is 273 g/mol. The van der Waals surface area contributed by atoms with E-state index in [1.54, 1.807) is 0 Å². The first-order valence-electron chi connectivity index (χ1n) is 6.25. The van der Waals surface area contributed by atoms with Gasteiger partial charge < -0.3 is 10.6 Å². The second-order valence-corrected chi connectivity index (χ2v) is 4.98. The van der Waals surface area contributed by atoms with Crippen LogP contribution in [0.15, 0.2) is 18.2 Å². The molecule has 1 saturated heterocycles. The molecule has 1 aliphatic heterocycles. The fourth-order valence-corrected chi connectivity index (χ4v) is 2.39. The van der Waals surface area contributed by atoms with E-state index in [1.165, 1.54) is 4.90 Å². The van der Waals surface area contributed by atoms with E-state index in [2.05, 4.69) is 4.90 Å². The van der Waals surface area contributed by atoms with Gasteiger partial charge in [-0.1, -0.05) is 0 Å². The third-order valence-electron chi connectivity index (χ3n) is 3.22. The Labute approximate surface area is 110 Å². The Bertz CT molecular complexity index is 417. The van der Waals surface area contributed by atoms with Crippen LogP contribution in [0.3, 0.4) is 0 Å². The average Bonchev–Trinajstić information content (AvgIpc) is 2.26. The van der Waals surface area contributed by atoms with Crippen LogP contribution in [0.4, 0.5) is 24.5 Å².